The zero-order valence-electron chi connectivity index (χ0n) is 26.3. The van der Waals surface area contributed by atoms with Gasteiger partial charge in [-0.2, -0.15) is 0 Å². The van der Waals surface area contributed by atoms with Crippen molar-refractivity contribution in [3.05, 3.63) is 90.0 Å². The van der Waals surface area contributed by atoms with Gasteiger partial charge in [-0.25, -0.2) is 9.13 Å². The highest BCUT2D eigenvalue weighted by atomic mass is 15.2. The van der Waals surface area contributed by atoms with Gasteiger partial charge in [0.25, 0.3) is 5.82 Å². The van der Waals surface area contributed by atoms with Crippen LogP contribution in [0.25, 0.3) is 0 Å². The Balaban J connectivity index is 1.69. The fourth-order valence-corrected chi connectivity index (χ4v) is 6.30. The fourth-order valence-electron chi connectivity index (χ4n) is 6.30. The first kappa shape index (κ1) is 32.2. The molecule has 0 saturated carbocycles. The van der Waals surface area contributed by atoms with Gasteiger partial charge in [0.05, 0.1) is 13.1 Å². The molecule has 0 aliphatic heterocycles. The minimum Gasteiger partial charge on any atom is -0.234 e. The summed E-state index contributed by atoms with van der Waals surface area (Å²) in [6.07, 6.45) is 27.6. The van der Waals surface area contributed by atoms with Crippen LogP contribution in [0.3, 0.4) is 0 Å². The van der Waals surface area contributed by atoms with Gasteiger partial charge < -0.3 is 0 Å². The van der Waals surface area contributed by atoms with Crippen molar-refractivity contribution < 1.29 is 4.57 Å². The average Bonchev–Trinajstić information content (AvgIpc) is 3.35. The van der Waals surface area contributed by atoms with E-state index in [1.54, 1.807) is 0 Å². The zero-order valence-corrected chi connectivity index (χ0v) is 26.3. The number of nitrogens with zero attached hydrogens (tertiary/aromatic N) is 2. The zero-order chi connectivity index (χ0) is 28.3. The van der Waals surface area contributed by atoms with E-state index in [0.717, 1.165) is 19.5 Å². The Hall–Kier alpha value is -2.35. The normalized spacial score (nSPS) is 13.0. The minimum atomic E-state index is 0.0346. The van der Waals surface area contributed by atoms with Crippen molar-refractivity contribution in [2.75, 3.05) is 0 Å². The molecule has 2 aromatic carbocycles. The Labute approximate surface area is 247 Å². The highest BCUT2D eigenvalue weighted by Gasteiger charge is 2.32. The number of aryl methyl sites for hydroxylation is 1. The number of benzene rings is 2. The second-order valence-electron chi connectivity index (χ2n) is 12.5. The molecule has 220 valence electrons. The highest BCUT2D eigenvalue weighted by Crippen LogP contribution is 2.29. The molecular formula is C38H59N2+. The van der Waals surface area contributed by atoms with Gasteiger partial charge in [0.15, 0.2) is 0 Å². The van der Waals surface area contributed by atoms with E-state index in [2.05, 4.69) is 103 Å². The molecule has 0 bridgehead atoms. The quantitative estimate of drug-likeness (QED) is 0.0880. The van der Waals surface area contributed by atoms with Crippen LogP contribution >= 0.6 is 0 Å². The van der Waals surface area contributed by atoms with Gasteiger partial charge in [-0.1, -0.05) is 158 Å². The Bertz CT molecular complexity index is 1020. The SMILES string of the molecule is CCCCCCCCCCCc1n(CCCCCCCC)cc[n+]1CC(C)(Cc1ccccc1)c1ccccc1. The molecule has 0 N–H and O–H groups in total. The molecule has 0 fully saturated rings. The Morgan fingerprint density at radius 1 is 0.625 bits per heavy atom. The Kier molecular flexibility index (Phi) is 15.2. The molecule has 0 spiro atoms. The van der Waals surface area contributed by atoms with Crippen molar-refractivity contribution in [3.63, 3.8) is 0 Å². The summed E-state index contributed by atoms with van der Waals surface area (Å²) in [6.45, 7) is 9.25. The summed E-state index contributed by atoms with van der Waals surface area (Å²) >= 11 is 0. The third-order valence-corrected chi connectivity index (χ3v) is 8.77. The summed E-state index contributed by atoms with van der Waals surface area (Å²) in [5, 5.41) is 0. The van der Waals surface area contributed by atoms with Crippen LogP contribution in [0.5, 0.6) is 0 Å². The first-order chi connectivity index (χ1) is 19.7. The van der Waals surface area contributed by atoms with Gasteiger partial charge in [-0.05, 0) is 36.8 Å². The van der Waals surface area contributed by atoms with E-state index >= 15 is 0 Å². The van der Waals surface area contributed by atoms with Crippen molar-refractivity contribution in [3.8, 4) is 0 Å². The maximum atomic E-state index is 2.61. The van der Waals surface area contributed by atoms with Gasteiger partial charge in [-0.3, -0.25) is 0 Å². The number of aromatic nitrogens is 2. The summed E-state index contributed by atoms with van der Waals surface area (Å²) in [6, 6.07) is 22.3. The molecule has 3 rings (SSSR count). The molecule has 0 amide bonds. The maximum absolute atomic E-state index is 2.61. The van der Waals surface area contributed by atoms with Crippen LogP contribution < -0.4 is 4.57 Å². The van der Waals surface area contributed by atoms with Gasteiger partial charge in [0.1, 0.15) is 12.4 Å². The molecular weight excluding hydrogens is 484 g/mol. The van der Waals surface area contributed by atoms with E-state index in [-0.39, 0.29) is 5.41 Å². The van der Waals surface area contributed by atoms with E-state index in [0.29, 0.717) is 0 Å². The van der Waals surface area contributed by atoms with Gasteiger partial charge in [0.2, 0.25) is 0 Å². The predicted octanol–water partition coefficient (Wildman–Crippen LogP) is 10.4. The first-order valence-electron chi connectivity index (χ1n) is 16.8. The average molecular weight is 544 g/mol. The monoisotopic (exact) mass is 543 g/mol. The third kappa shape index (κ3) is 11.3. The van der Waals surface area contributed by atoms with Crippen LogP contribution in [0.1, 0.15) is 134 Å². The van der Waals surface area contributed by atoms with E-state index in [4.69, 9.17) is 0 Å². The smallest absolute Gasteiger partial charge is 0.234 e. The molecule has 1 unspecified atom stereocenters. The molecule has 0 radical (unpaired) electrons. The summed E-state index contributed by atoms with van der Waals surface area (Å²) in [7, 11) is 0. The number of rotatable bonds is 22. The standard InChI is InChI=1S/C38H59N2/c1-4-6-8-10-12-13-14-15-23-29-37-39(30-24-16-11-9-7-5-2)31-32-40(37)34-38(3,36-27-21-18-22-28-36)33-35-25-19-17-20-26-35/h17-22,25-28,31-32H,4-16,23-24,29-30,33-34H2,1-3H3/q+1. The number of unbranched alkanes of at least 4 members (excludes halogenated alkanes) is 13. The van der Waals surface area contributed by atoms with Crippen molar-refractivity contribution in [1.29, 1.82) is 0 Å². The Morgan fingerprint density at radius 2 is 1.15 bits per heavy atom. The lowest BCUT2D eigenvalue weighted by Crippen LogP contribution is -2.47. The summed E-state index contributed by atoms with van der Waals surface area (Å²) in [5.41, 5.74) is 2.89. The van der Waals surface area contributed by atoms with E-state index in [9.17, 15) is 0 Å². The molecule has 1 heterocycles. The van der Waals surface area contributed by atoms with Crippen LogP contribution in [0.4, 0.5) is 0 Å². The molecule has 0 aliphatic rings. The minimum absolute atomic E-state index is 0.0346. The highest BCUT2D eigenvalue weighted by molar-refractivity contribution is 5.28. The predicted molar refractivity (Wildman–Crippen MR) is 173 cm³/mol. The number of hydrogen-bond acceptors (Lipinski definition) is 0. The van der Waals surface area contributed by atoms with Gasteiger partial charge in [-0.15, -0.1) is 0 Å². The molecule has 3 aromatic rings. The Morgan fingerprint density at radius 3 is 1.75 bits per heavy atom. The lowest BCUT2D eigenvalue weighted by Gasteiger charge is -2.29. The van der Waals surface area contributed by atoms with Gasteiger partial charge >= 0.3 is 0 Å². The lowest BCUT2D eigenvalue weighted by atomic mass is 9.77. The molecule has 0 saturated heterocycles. The molecule has 40 heavy (non-hydrogen) atoms. The van der Waals surface area contributed by atoms with E-state index in [1.165, 1.54) is 120 Å². The van der Waals surface area contributed by atoms with Crippen LogP contribution in [-0.4, -0.2) is 4.57 Å². The molecule has 2 heteroatoms. The van der Waals surface area contributed by atoms with Gasteiger partial charge in [0, 0.05) is 11.8 Å². The molecule has 1 atom stereocenters. The van der Waals surface area contributed by atoms with Crippen molar-refractivity contribution >= 4 is 0 Å². The van der Waals surface area contributed by atoms with Crippen LogP contribution in [0.15, 0.2) is 73.1 Å². The van der Waals surface area contributed by atoms with Crippen LogP contribution in [-0.2, 0) is 31.3 Å². The number of hydrogen-bond donors (Lipinski definition) is 0. The lowest BCUT2D eigenvalue weighted by molar-refractivity contribution is -0.711. The molecule has 2 nitrogen and oxygen atoms in total. The van der Waals surface area contributed by atoms with Crippen molar-refractivity contribution in [2.45, 2.75) is 148 Å². The fraction of sp³-hybridized carbons (Fsp3) is 0.605. The van der Waals surface area contributed by atoms with Crippen molar-refractivity contribution in [2.24, 2.45) is 0 Å². The summed E-state index contributed by atoms with van der Waals surface area (Å²) < 4.78 is 5.20. The summed E-state index contributed by atoms with van der Waals surface area (Å²) in [4.78, 5) is 0. The van der Waals surface area contributed by atoms with Crippen molar-refractivity contribution in [1.82, 2.24) is 4.57 Å². The van der Waals surface area contributed by atoms with Crippen LogP contribution in [0.2, 0.25) is 0 Å². The summed E-state index contributed by atoms with van der Waals surface area (Å²) in [5.74, 6) is 1.53. The van der Waals surface area contributed by atoms with Crippen LogP contribution in [0, 0.1) is 0 Å². The second-order valence-corrected chi connectivity index (χ2v) is 12.5. The first-order valence-corrected chi connectivity index (χ1v) is 16.8. The topological polar surface area (TPSA) is 8.81 Å². The maximum Gasteiger partial charge on any atom is 0.256 e. The third-order valence-electron chi connectivity index (χ3n) is 8.77. The molecule has 1 aromatic heterocycles. The number of imidazole rings is 1. The van der Waals surface area contributed by atoms with E-state index < -0.39 is 0 Å². The second kappa shape index (κ2) is 18.9. The largest absolute Gasteiger partial charge is 0.256 e. The van der Waals surface area contributed by atoms with E-state index in [1.807, 2.05) is 0 Å². The molecule has 0 aliphatic carbocycles.